The molecule has 1 rings (SSSR count). The van der Waals surface area contributed by atoms with Gasteiger partial charge in [-0.05, 0) is 0 Å². The zero-order valence-corrected chi connectivity index (χ0v) is 7.50. The van der Waals surface area contributed by atoms with Gasteiger partial charge in [0.05, 0.1) is 0 Å². The molecule has 0 unspecified atom stereocenters. The Hall–Kier alpha value is -0.893. The Bertz CT molecular complexity index is 150. The van der Waals surface area contributed by atoms with Crippen LogP contribution in [-0.4, -0.2) is 17.0 Å². The molecule has 0 aliphatic rings. The summed E-state index contributed by atoms with van der Waals surface area (Å²) >= 11 is 0. The van der Waals surface area contributed by atoms with Crippen molar-refractivity contribution in [3.05, 3.63) is 30.3 Å². The third-order valence-electron chi connectivity index (χ3n) is 0.940. The van der Waals surface area contributed by atoms with E-state index in [0.717, 1.165) is 0 Å². The first-order valence-electron chi connectivity index (χ1n) is 2.70. The molecule has 9 heavy (non-hydrogen) atoms. The van der Waals surface area contributed by atoms with E-state index in [0.29, 0.717) is 0 Å². The average molecular weight is 138 g/mol. The Morgan fingerprint density at radius 1 is 1.11 bits per heavy atom. The minimum absolute atomic E-state index is 1.17. The van der Waals surface area contributed by atoms with Crippen LogP contribution in [0.4, 0.5) is 0 Å². The van der Waals surface area contributed by atoms with Crippen LogP contribution in [0.5, 0.6) is 0 Å². The van der Waals surface area contributed by atoms with Gasteiger partial charge < -0.3 is 4.79 Å². The summed E-state index contributed by atoms with van der Waals surface area (Å²) in [6, 6.07) is 10.5. The summed E-state index contributed by atoms with van der Waals surface area (Å²) in [7, 11) is 1.17. The molecule has 0 fully saturated rings. The largest absolute Gasteiger partial charge is 0.307 e. The zero-order valence-electron chi connectivity index (χ0n) is 5.50. The molecular weight excluding hydrogens is 128 g/mol. The highest BCUT2D eigenvalue weighted by Crippen LogP contribution is 1.76. The van der Waals surface area contributed by atoms with Crippen LogP contribution in [0.1, 0.15) is 0 Å². The van der Waals surface area contributed by atoms with E-state index in [4.69, 9.17) is 4.79 Å². The van der Waals surface area contributed by atoms with Crippen LogP contribution >= 0.6 is 0 Å². The second-order valence-corrected chi connectivity index (χ2v) is 2.81. The van der Waals surface area contributed by atoms with E-state index in [1.54, 1.807) is 0 Å². The SMILES string of the molecule is C=O.[SiH3]c1ccccc1. The molecule has 0 aliphatic heterocycles. The lowest BCUT2D eigenvalue weighted by molar-refractivity contribution is -0.0979. The topological polar surface area (TPSA) is 17.1 Å². The van der Waals surface area contributed by atoms with Gasteiger partial charge in [-0.1, -0.05) is 35.5 Å². The van der Waals surface area contributed by atoms with Crippen molar-refractivity contribution in [2.75, 3.05) is 0 Å². The number of rotatable bonds is 0. The van der Waals surface area contributed by atoms with Gasteiger partial charge >= 0.3 is 0 Å². The number of hydrogen-bond acceptors (Lipinski definition) is 1. The Labute approximate surface area is 58.1 Å². The summed E-state index contributed by atoms with van der Waals surface area (Å²) in [5.41, 5.74) is 0. The molecule has 1 aromatic carbocycles. The molecule has 2 heteroatoms. The standard InChI is InChI=1S/C6H8Si.CH2O/c7-6-4-2-1-3-5-6;1-2/h1-5H,7H3;1H2. The zero-order chi connectivity index (χ0) is 7.11. The maximum Gasteiger partial charge on any atom is 0.106 e. The van der Waals surface area contributed by atoms with Crippen LogP contribution in [0.2, 0.25) is 0 Å². The fourth-order valence-corrected chi connectivity index (χ4v) is 0.919. The molecule has 0 amide bonds. The van der Waals surface area contributed by atoms with Crippen LogP contribution in [0.3, 0.4) is 0 Å². The first kappa shape index (κ1) is 8.11. The fraction of sp³-hybridized carbons (Fsp3) is 0. The molecule has 1 nitrogen and oxygen atoms in total. The highest BCUT2D eigenvalue weighted by atomic mass is 28.1. The molecule has 48 valence electrons. The molecule has 0 aliphatic carbocycles. The summed E-state index contributed by atoms with van der Waals surface area (Å²) in [6.45, 7) is 2.00. The molecule has 0 spiro atoms. The monoisotopic (exact) mass is 138 g/mol. The maximum atomic E-state index is 8.00. The molecule has 0 heterocycles. The van der Waals surface area contributed by atoms with Crippen LogP contribution in [-0.2, 0) is 4.79 Å². The first-order chi connectivity index (χ1) is 4.39. The number of benzene rings is 1. The van der Waals surface area contributed by atoms with Crippen LogP contribution in [0, 0.1) is 0 Å². The van der Waals surface area contributed by atoms with Gasteiger partial charge in [-0.25, -0.2) is 0 Å². The van der Waals surface area contributed by atoms with Crippen molar-refractivity contribution in [2.45, 2.75) is 0 Å². The smallest absolute Gasteiger partial charge is 0.106 e. The predicted octanol–water partition coefficient (Wildman–Crippen LogP) is -0.508. The van der Waals surface area contributed by atoms with Crippen LogP contribution in [0.25, 0.3) is 0 Å². The summed E-state index contributed by atoms with van der Waals surface area (Å²) in [5.74, 6) is 0. The minimum atomic E-state index is 1.17. The third-order valence-corrected chi connectivity index (χ3v) is 1.61. The molecule has 0 bridgehead atoms. The van der Waals surface area contributed by atoms with Crippen molar-refractivity contribution in [1.82, 2.24) is 0 Å². The van der Waals surface area contributed by atoms with Crippen molar-refractivity contribution in [3.63, 3.8) is 0 Å². The second-order valence-electron chi connectivity index (χ2n) is 1.65. The van der Waals surface area contributed by atoms with Gasteiger partial charge in [0, 0.05) is 10.2 Å². The summed E-state index contributed by atoms with van der Waals surface area (Å²) in [4.78, 5) is 8.00. The van der Waals surface area contributed by atoms with Gasteiger partial charge in [0.25, 0.3) is 0 Å². The lowest BCUT2D eigenvalue weighted by Crippen LogP contribution is -1.97. The van der Waals surface area contributed by atoms with Crippen molar-refractivity contribution in [2.24, 2.45) is 0 Å². The van der Waals surface area contributed by atoms with Gasteiger partial charge in [0.1, 0.15) is 6.79 Å². The van der Waals surface area contributed by atoms with E-state index in [1.165, 1.54) is 15.4 Å². The molecule has 0 N–H and O–H groups in total. The Morgan fingerprint density at radius 2 is 1.56 bits per heavy atom. The number of carbonyl (C=O) groups is 1. The van der Waals surface area contributed by atoms with E-state index in [1.807, 2.05) is 12.9 Å². The minimum Gasteiger partial charge on any atom is -0.307 e. The first-order valence-corrected chi connectivity index (χ1v) is 3.70. The summed E-state index contributed by atoms with van der Waals surface area (Å²) in [5, 5.41) is 1.46. The van der Waals surface area contributed by atoms with Crippen LogP contribution < -0.4 is 5.19 Å². The predicted molar refractivity (Wildman–Crippen MR) is 43.1 cm³/mol. The molecular formula is C7H10OSi. The van der Waals surface area contributed by atoms with Crippen molar-refractivity contribution >= 4 is 22.2 Å². The molecule has 1 aromatic rings. The Balaban J connectivity index is 0.000000291. The molecule has 0 aromatic heterocycles. The summed E-state index contributed by atoms with van der Waals surface area (Å²) in [6.07, 6.45) is 0. The average Bonchev–Trinajstić information content (AvgIpc) is 1.94. The lowest BCUT2D eigenvalue weighted by Gasteiger charge is -1.82. The van der Waals surface area contributed by atoms with Gasteiger partial charge in [-0.3, -0.25) is 0 Å². The van der Waals surface area contributed by atoms with Crippen molar-refractivity contribution < 1.29 is 4.79 Å². The van der Waals surface area contributed by atoms with E-state index < -0.39 is 0 Å². The summed E-state index contributed by atoms with van der Waals surface area (Å²) < 4.78 is 0. The van der Waals surface area contributed by atoms with Gasteiger partial charge in [-0.15, -0.1) is 0 Å². The maximum absolute atomic E-state index is 8.00. The third kappa shape index (κ3) is 3.67. The van der Waals surface area contributed by atoms with Gasteiger partial charge in [-0.2, -0.15) is 0 Å². The van der Waals surface area contributed by atoms with E-state index in [9.17, 15) is 0 Å². The molecule has 0 saturated heterocycles. The molecule has 0 radical (unpaired) electrons. The van der Waals surface area contributed by atoms with Gasteiger partial charge in [0.2, 0.25) is 0 Å². The van der Waals surface area contributed by atoms with E-state index in [2.05, 4.69) is 24.3 Å². The van der Waals surface area contributed by atoms with Crippen molar-refractivity contribution in [3.8, 4) is 0 Å². The Morgan fingerprint density at radius 3 is 1.78 bits per heavy atom. The highest BCUT2D eigenvalue weighted by Gasteiger charge is 1.72. The van der Waals surface area contributed by atoms with Crippen molar-refractivity contribution in [1.29, 1.82) is 0 Å². The van der Waals surface area contributed by atoms with E-state index in [-0.39, 0.29) is 0 Å². The number of carbonyl (C=O) groups excluding carboxylic acids is 1. The number of hydrogen-bond donors (Lipinski definition) is 0. The van der Waals surface area contributed by atoms with E-state index >= 15 is 0 Å². The fourth-order valence-electron chi connectivity index (χ4n) is 0.534. The molecule has 0 saturated carbocycles. The van der Waals surface area contributed by atoms with Gasteiger partial charge in [0.15, 0.2) is 0 Å². The quantitative estimate of drug-likeness (QED) is 0.441. The normalized spacial score (nSPS) is 7.56. The van der Waals surface area contributed by atoms with Crippen LogP contribution in [0.15, 0.2) is 30.3 Å². The highest BCUT2D eigenvalue weighted by molar-refractivity contribution is 6.32. The molecule has 0 atom stereocenters. The lowest BCUT2D eigenvalue weighted by atomic mass is 10.4. The Kier molecular flexibility index (Phi) is 4.73. The second kappa shape index (κ2) is 5.25.